The number of hydrogen-bond donors (Lipinski definition) is 1. The van der Waals surface area contributed by atoms with Gasteiger partial charge in [0.1, 0.15) is 11.2 Å². The van der Waals surface area contributed by atoms with Crippen molar-refractivity contribution in [1.29, 1.82) is 0 Å². The Morgan fingerprint density at radius 2 is 1.62 bits per heavy atom. The molecule has 0 unspecified atom stereocenters. The summed E-state index contributed by atoms with van der Waals surface area (Å²) in [5.74, 6) is 3.16. The quantitative estimate of drug-likeness (QED) is 0.502. The third kappa shape index (κ3) is 6.99. The largest absolute Gasteiger partial charge is 0.480 e. The third-order valence-corrected chi connectivity index (χ3v) is 4.97. The number of hydrogen-bond acceptors (Lipinski definition) is 4. The number of aliphatic carboxylic acids is 1. The first-order valence-electron chi connectivity index (χ1n) is 9.87. The lowest BCUT2D eigenvalue weighted by atomic mass is 9.94. The fourth-order valence-corrected chi connectivity index (χ4v) is 2.94. The van der Waals surface area contributed by atoms with Crippen molar-refractivity contribution < 1.29 is 50.2 Å². The van der Waals surface area contributed by atoms with Gasteiger partial charge in [-0.1, -0.05) is 24.0 Å². The van der Waals surface area contributed by atoms with Crippen LogP contribution in [0.1, 0.15) is 25.0 Å². The first-order chi connectivity index (χ1) is 15.5. The van der Waals surface area contributed by atoms with Gasteiger partial charge in [-0.15, -0.1) is 0 Å². The Kier molecular flexibility index (Phi) is 8.08. The van der Waals surface area contributed by atoms with Crippen LogP contribution in [0.3, 0.4) is 0 Å². The average Bonchev–Trinajstić information content (AvgIpc) is 2.70. The van der Waals surface area contributed by atoms with Crippen molar-refractivity contribution in [1.82, 2.24) is 9.80 Å². The molecule has 188 valence electrons. The molecule has 0 atom stereocenters. The van der Waals surface area contributed by atoms with E-state index in [9.17, 15) is 40.3 Å². The Morgan fingerprint density at radius 1 is 1.06 bits per heavy atom. The fraction of sp³-hybridized carbons (Fsp3) is 0.524. The lowest BCUT2D eigenvalue weighted by molar-refractivity contribution is -0.308. The maximum absolute atomic E-state index is 14.3. The zero-order chi connectivity index (χ0) is 25.9. The van der Waals surface area contributed by atoms with Crippen molar-refractivity contribution >= 4 is 12.1 Å². The van der Waals surface area contributed by atoms with Gasteiger partial charge in [0.25, 0.3) is 6.10 Å². The summed E-state index contributed by atoms with van der Waals surface area (Å²) in [7, 11) is 0. The number of amides is 1. The van der Waals surface area contributed by atoms with E-state index in [0.29, 0.717) is 5.56 Å². The van der Waals surface area contributed by atoms with E-state index in [2.05, 4.69) is 16.6 Å². The number of nitrogens with zero attached hydrogens (tertiary/aromatic N) is 2. The van der Waals surface area contributed by atoms with Crippen LogP contribution in [0.5, 0.6) is 0 Å². The van der Waals surface area contributed by atoms with Crippen LogP contribution in [-0.2, 0) is 16.1 Å². The third-order valence-electron chi connectivity index (χ3n) is 4.97. The summed E-state index contributed by atoms with van der Waals surface area (Å²) in [5, 5.41) is 9.16. The van der Waals surface area contributed by atoms with Crippen molar-refractivity contribution in [2.75, 3.05) is 26.2 Å². The van der Waals surface area contributed by atoms with Crippen LogP contribution in [-0.4, -0.2) is 71.6 Å². The van der Waals surface area contributed by atoms with Gasteiger partial charge in [-0.3, -0.25) is 9.69 Å². The molecule has 1 aromatic carbocycles. The lowest BCUT2D eigenvalue weighted by Gasteiger charge is -2.35. The molecular formula is C21H21F7N2O4. The van der Waals surface area contributed by atoms with E-state index in [4.69, 9.17) is 5.11 Å². The fourth-order valence-electron chi connectivity index (χ4n) is 2.94. The highest BCUT2D eigenvalue weighted by atomic mass is 19.4. The molecule has 2 rings (SSSR count). The molecule has 0 spiro atoms. The Hall–Kier alpha value is -3.01. The Morgan fingerprint density at radius 3 is 2.12 bits per heavy atom. The van der Waals surface area contributed by atoms with E-state index in [-0.39, 0.29) is 38.3 Å². The van der Waals surface area contributed by atoms with Gasteiger partial charge in [-0.25, -0.2) is 9.18 Å². The lowest BCUT2D eigenvalue weighted by Crippen LogP contribution is -2.52. The van der Waals surface area contributed by atoms with Crippen molar-refractivity contribution in [2.24, 2.45) is 5.41 Å². The molecule has 1 aromatic rings. The Labute approximate surface area is 190 Å². The highest BCUT2D eigenvalue weighted by Crippen LogP contribution is 2.36. The number of ether oxygens (including phenoxy) is 1. The summed E-state index contributed by atoms with van der Waals surface area (Å²) < 4.78 is 93.6. The van der Waals surface area contributed by atoms with Crippen molar-refractivity contribution in [3.05, 3.63) is 35.1 Å². The van der Waals surface area contributed by atoms with Crippen LogP contribution in [0.2, 0.25) is 0 Å². The van der Waals surface area contributed by atoms with Crippen LogP contribution in [0.25, 0.3) is 0 Å². The molecule has 1 aliphatic rings. The van der Waals surface area contributed by atoms with E-state index in [0.717, 1.165) is 11.0 Å². The number of carboxylic acid groups (broad SMARTS) is 1. The van der Waals surface area contributed by atoms with Gasteiger partial charge < -0.3 is 14.7 Å². The van der Waals surface area contributed by atoms with E-state index in [1.165, 1.54) is 19.9 Å². The van der Waals surface area contributed by atoms with Gasteiger partial charge in [-0.05, 0) is 25.5 Å². The normalized spacial score (nSPS) is 15.6. The smallest absolute Gasteiger partial charge is 0.434 e. The van der Waals surface area contributed by atoms with E-state index >= 15 is 0 Å². The van der Waals surface area contributed by atoms with E-state index in [1.54, 1.807) is 11.0 Å². The molecule has 1 N–H and O–H groups in total. The van der Waals surface area contributed by atoms with Gasteiger partial charge >= 0.3 is 24.4 Å². The van der Waals surface area contributed by atoms with Gasteiger partial charge in [0, 0.05) is 32.7 Å². The summed E-state index contributed by atoms with van der Waals surface area (Å²) in [6, 6.07) is 4.12. The van der Waals surface area contributed by atoms with Crippen molar-refractivity contribution in [3.8, 4) is 11.8 Å². The number of carbonyl (C=O) groups is 2. The molecule has 0 aliphatic carbocycles. The highest BCUT2D eigenvalue weighted by Gasteiger charge is 2.60. The molecule has 13 heteroatoms. The molecule has 34 heavy (non-hydrogen) atoms. The van der Waals surface area contributed by atoms with Crippen LogP contribution in [0.15, 0.2) is 18.2 Å². The van der Waals surface area contributed by atoms with Crippen LogP contribution in [0, 0.1) is 23.1 Å². The zero-order valence-electron chi connectivity index (χ0n) is 18.1. The number of alkyl halides is 6. The van der Waals surface area contributed by atoms with Crippen LogP contribution in [0.4, 0.5) is 35.5 Å². The molecule has 0 radical (unpaired) electrons. The molecule has 0 bridgehead atoms. The van der Waals surface area contributed by atoms with Crippen LogP contribution >= 0.6 is 0 Å². The number of carbonyl (C=O) groups excluding carboxylic acids is 1. The SMILES string of the molecule is CC(C)(C#Cc1c(F)cccc1CN1CCN(C(=O)OC(C(F)(F)F)C(F)(F)F)CC1)C(=O)O. The maximum atomic E-state index is 14.3. The second kappa shape index (κ2) is 10.1. The number of piperazine rings is 1. The van der Waals surface area contributed by atoms with E-state index < -0.39 is 41.8 Å². The number of benzene rings is 1. The molecule has 0 aromatic heterocycles. The minimum Gasteiger partial charge on any atom is -0.480 e. The number of rotatable bonds is 4. The molecule has 1 heterocycles. The summed E-state index contributed by atoms with van der Waals surface area (Å²) in [6.45, 7) is 2.48. The second-order valence-corrected chi connectivity index (χ2v) is 8.06. The van der Waals surface area contributed by atoms with Crippen molar-refractivity contribution in [2.45, 2.75) is 38.8 Å². The maximum Gasteiger partial charge on any atom is 0.434 e. The predicted molar refractivity (Wildman–Crippen MR) is 104 cm³/mol. The van der Waals surface area contributed by atoms with Gasteiger partial charge in [-0.2, -0.15) is 26.3 Å². The minimum atomic E-state index is -5.81. The van der Waals surface area contributed by atoms with E-state index in [1.807, 2.05) is 0 Å². The number of halogens is 7. The standard InChI is InChI=1S/C21H21F7N2O4/c1-19(2,17(31)32)7-6-14-13(4-3-5-15(14)22)12-29-8-10-30(11-9-29)18(33)34-16(20(23,24)25)21(26,27)28/h3-5,16H,8-12H2,1-2H3,(H,31,32). The van der Waals surface area contributed by atoms with Gasteiger partial charge in [0.15, 0.2) is 0 Å². The molecule has 1 fully saturated rings. The highest BCUT2D eigenvalue weighted by molar-refractivity contribution is 5.77. The molecule has 1 amide bonds. The summed E-state index contributed by atoms with van der Waals surface area (Å²) >= 11 is 0. The van der Waals surface area contributed by atoms with Crippen LogP contribution < -0.4 is 0 Å². The summed E-state index contributed by atoms with van der Waals surface area (Å²) in [4.78, 5) is 25.5. The summed E-state index contributed by atoms with van der Waals surface area (Å²) in [5.41, 5.74) is -1.06. The zero-order valence-corrected chi connectivity index (χ0v) is 18.1. The monoisotopic (exact) mass is 498 g/mol. The Bertz CT molecular complexity index is 958. The molecule has 0 saturated carbocycles. The van der Waals surface area contributed by atoms with Gasteiger partial charge in [0.2, 0.25) is 0 Å². The summed E-state index contributed by atoms with van der Waals surface area (Å²) in [6.07, 6.45) is -17.6. The molecular weight excluding hydrogens is 477 g/mol. The Balaban J connectivity index is 2.07. The first-order valence-corrected chi connectivity index (χ1v) is 9.87. The first kappa shape index (κ1) is 27.2. The second-order valence-electron chi connectivity index (χ2n) is 8.06. The number of carboxylic acids is 1. The average molecular weight is 498 g/mol. The molecule has 1 saturated heterocycles. The van der Waals surface area contributed by atoms with Crippen molar-refractivity contribution in [3.63, 3.8) is 0 Å². The predicted octanol–water partition coefficient (Wildman–Crippen LogP) is 4.04. The van der Waals surface area contributed by atoms with Gasteiger partial charge in [0.05, 0.1) is 5.56 Å². The molecule has 1 aliphatic heterocycles. The molecule has 6 nitrogen and oxygen atoms in total. The minimum absolute atomic E-state index is 0.0307. The topological polar surface area (TPSA) is 70.1 Å².